The van der Waals surface area contributed by atoms with Crippen molar-refractivity contribution in [3.05, 3.63) is 66.5 Å². The SMILES string of the molecule is O=C(c1cc(-c2ccccc2)n[nH]1)N1CCN(c2ccccn2)CC1. The number of H-pyrrole nitrogens is 1. The molecule has 6 nitrogen and oxygen atoms in total. The van der Waals surface area contributed by atoms with Gasteiger partial charge in [0.15, 0.2) is 0 Å². The fraction of sp³-hybridized carbons (Fsp3) is 0.211. The number of hydrogen-bond acceptors (Lipinski definition) is 4. The van der Waals surface area contributed by atoms with E-state index in [-0.39, 0.29) is 5.91 Å². The van der Waals surface area contributed by atoms with Crippen molar-refractivity contribution >= 4 is 11.7 Å². The number of carbonyl (C=O) groups is 1. The molecule has 4 rings (SSSR count). The first-order valence-electron chi connectivity index (χ1n) is 8.37. The lowest BCUT2D eigenvalue weighted by atomic mass is 10.1. The van der Waals surface area contributed by atoms with Crippen LogP contribution >= 0.6 is 0 Å². The van der Waals surface area contributed by atoms with Crippen molar-refractivity contribution in [1.29, 1.82) is 0 Å². The van der Waals surface area contributed by atoms with Crippen LogP contribution in [0.25, 0.3) is 11.3 Å². The molecule has 0 spiro atoms. The summed E-state index contributed by atoms with van der Waals surface area (Å²) in [5.41, 5.74) is 2.32. The Morgan fingerprint density at radius 1 is 0.960 bits per heavy atom. The fourth-order valence-electron chi connectivity index (χ4n) is 3.04. The molecule has 3 aromatic rings. The number of aromatic amines is 1. The molecule has 0 aliphatic carbocycles. The lowest BCUT2D eigenvalue weighted by Gasteiger charge is -2.35. The van der Waals surface area contributed by atoms with Crippen molar-refractivity contribution < 1.29 is 4.79 Å². The molecular weight excluding hydrogens is 314 g/mol. The van der Waals surface area contributed by atoms with Crippen molar-refractivity contribution in [2.24, 2.45) is 0 Å². The summed E-state index contributed by atoms with van der Waals surface area (Å²) in [5.74, 6) is 0.956. The van der Waals surface area contributed by atoms with Gasteiger partial charge < -0.3 is 9.80 Å². The summed E-state index contributed by atoms with van der Waals surface area (Å²) in [4.78, 5) is 21.1. The van der Waals surface area contributed by atoms with Crippen LogP contribution < -0.4 is 4.90 Å². The molecule has 1 aromatic carbocycles. The Morgan fingerprint density at radius 3 is 2.44 bits per heavy atom. The standard InChI is InChI=1S/C19H19N5O/c25-19(17-14-16(21-22-17)15-6-2-1-3-7-15)24-12-10-23(11-13-24)18-8-4-5-9-20-18/h1-9,14H,10-13H2,(H,21,22). The molecule has 1 fully saturated rings. The molecule has 1 amide bonds. The molecule has 0 atom stereocenters. The van der Waals surface area contributed by atoms with Gasteiger partial charge in [0.05, 0.1) is 5.69 Å². The summed E-state index contributed by atoms with van der Waals surface area (Å²) in [7, 11) is 0. The second-order valence-corrected chi connectivity index (χ2v) is 6.00. The van der Waals surface area contributed by atoms with Gasteiger partial charge in [-0.05, 0) is 18.2 Å². The Balaban J connectivity index is 1.42. The number of aromatic nitrogens is 3. The summed E-state index contributed by atoms with van der Waals surface area (Å²) in [6.45, 7) is 2.91. The molecule has 1 aliphatic heterocycles. The highest BCUT2D eigenvalue weighted by Crippen LogP contribution is 2.19. The van der Waals surface area contributed by atoms with Crippen LogP contribution in [0.4, 0.5) is 5.82 Å². The smallest absolute Gasteiger partial charge is 0.272 e. The molecule has 0 bridgehead atoms. The van der Waals surface area contributed by atoms with Gasteiger partial charge >= 0.3 is 0 Å². The molecule has 0 saturated carbocycles. The average Bonchev–Trinajstić information content (AvgIpc) is 3.19. The molecule has 0 unspecified atom stereocenters. The van der Waals surface area contributed by atoms with Crippen molar-refractivity contribution in [2.45, 2.75) is 0 Å². The number of pyridine rings is 1. The fourth-order valence-corrected chi connectivity index (χ4v) is 3.04. The van der Waals surface area contributed by atoms with Crippen LogP contribution in [0.5, 0.6) is 0 Å². The van der Waals surface area contributed by atoms with E-state index in [1.54, 1.807) is 6.20 Å². The molecule has 25 heavy (non-hydrogen) atoms. The number of rotatable bonds is 3. The van der Waals surface area contributed by atoms with Crippen LogP contribution in [-0.4, -0.2) is 52.2 Å². The van der Waals surface area contributed by atoms with Crippen molar-refractivity contribution in [3.63, 3.8) is 0 Å². The first-order chi connectivity index (χ1) is 12.3. The molecule has 126 valence electrons. The first kappa shape index (κ1) is 15.4. The van der Waals surface area contributed by atoms with Crippen molar-refractivity contribution in [1.82, 2.24) is 20.1 Å². The highest BCUT2D eigenvalue weighted by atomic mass is 16.2. The zero-order chi connectivity index (χ0) is 17.1. The van der Waals surface area contributed by atoms with E-state index >= 15 is 0 Å². The lowest BCUT2D eigenvalue weighted by Crippen LogP contribution is -2.49. The zero-order valence-corrected chi connectivity index (χ0v) is 13.8. The van der Waals surface area contributed by atoms with Gasteiger partial charge in [-0.2, -0.15) is 5.10 Å². The van der Waals surface area contributed by atoms with E-state index in [1.165, 1.54) is 0 Å². The second-order valence-electron chi connectivity index (χ2n) is 6.00. The second kappa shape index (κ2) is 6.76. The first-order valence-corrected chi connectivity index (χ1v) is 8.37. The summed E-state index contributed by atoms with van der Waals surface area (Å²) in [5, 5.41) is 7.15. The predicted molar refractivity (Wildman–Crippen MR) is 96.4 cm³/mol. The minimum Gasteiger partial charge on any atom is -0.353 e. The van der Waals surface area contributed by atoms with E-state index in [0.717, 1.165) is 30.2 Å². The van der Waals surface area contributed by atoms with Gasteiger partial charge in [-0.25, -0.2) is 4.98 Å². The number of piperazine rings is 1. The Hall–Kier alpha value is -3.15. The summed E-state index contributed by atoms with van der Waals surface area (Å²) >= 11 is 0. The molecular formula is C19H19N5O. The van der Waals surface area contributed by atoms with E-state index in [0.29, 0.717) is 18.8 Å². The number of carbonyl (C=O) groups excluding carboxylic acids is 1. The zero-order valence-electron chi connectivity index (χ0n) is 13.8. The van der Waals surface area contributed by atoms with Gasteiger partial charge in [0.2, 0.25) is 0 Å². The molecule has 0 radical (unpaired) electrons. The van der Waals surface area contributed by atoms with E-state index < -0.39 is 0 Å². The highest BCUT2D eigenvalue weighted by molar-refractivity contribution is 5.93. The third kappa shape index (κ3) is 3.24. The number of nitrogens with zero attached hydrogens (tertiary/aromatic N) is 4. The minimum atomic E-state index is -0.00430. The van der Waals surface area contributed by atoms with E-state index in [1.807, 2.05) is 59.5 Å². The summed E-state index contributed by atoms with van der Waals surface area (Å²) < 4.78 is 0. The van der Waals surface area contributed by atoms with E-state index in [9.17, 15) is 4.79 Å². The third-order valence-corrected chi connectivity index (χ3v) is 4.42. The third-order valence-electron chi connectivity index (χ3n) is 4.42. The highest BCUT2D eigenvalue weighted by Gasteiger charge is 2.24. The van der Waals surface area contributed by atoms with Crippen molar-refractivity contribution in [3.8, 4) is 11.3 Å². The van der Waals surface area contributed by atoms with Gasteiger partial charge in [-0.3, -0.25) is 9.89 Å². The van der Waals surface area contributed by atoms with Gasteiger partial charge in [-0.15, -0.1) is 0 Å². The maximum Gasteiger partial charge on any atom is 0.272 e. The van der Waals surface area contributed by atoms with Gasteiger partial charge in [0.25, 0.3) is 5.91 Å². The molecule has 6 heteroatoms. The van der Waals surface area contributed by atoms with E-state index in [4.69, 9.17) is 0 Å². The molecule has 1 saturated heterocycles. The Labute approximate surface area is 146 Å². The molecule has 3 heterocycles. The van der Waals surface area contributed by atoms with Gasteiger partial charge in [0.1, 0.15) is 11.5 Å². The van der Waals surface area contributed by atoms with Crippen molar-refractivity contribution in [2.75, 3.05) is 31.1 Å². The predicted octanol–water partition coefficient (Wildman–Crippen LogP) is 2.43. The average molecular weight is 333 g/mol. The topological polar surface area (TPSA) is 65.1 Å². The van der Waals surface area contributed by atoms with Crippen LogP contribution in [0.2, 0.25) is 0 Å². The number of amides is 1. The molecule has 2 aromatic heterocycles. The normalized spacial score (nSPS) is 14.6. The Kier molecular flexibility index (Phi) is 4.16. The summed E-state index contributed by atoms with van der Waals surface area (Å²) in [6.07, 6.45) is 1.79. The molecule has 1 N–H and O–H groups in total. The van der Waals surface area contributed by atoms with Crippen LogP contribution in [0.3, 0.4) is 0 Å². The number of nitrogens with one attached hydrogen (secondary N) is 1. The monoisotopic (exact) mass is 333 g/mol. The maximum absolute atomic E-state index is 12.7. The maximum atomic E-state index is 12.7. The minimum absolute atomic E-state index is 0.00430. The van der Waals surface area contributed by atoms with Crippen LogP contribution in [-0.2, 0) is 0 Å². The Bertz CT molecular complexity index is 839. The summed E-state index contributed by atoms with van der Waals surface area (Å²) in [6, 6.07) is 17.6. The Morgan fingerprint density at radius 2 is 1.72 bits per heavy atom. The van der Waals surface area contributed by atoms with Crippen LogP contribution in [0.1, 0.15) is 10.5 Å². The van der Waals surface area contributed by atoms with Crippen LogP contribution in [0, 0.1) is 0 Å². The van der Waals surface area contributed by atoms with Crippen LogP contribution in [0.15, 0.2) is 60.8 Å². The molecule has 1 aliphatic rings. The van der Waals surface area contributed by atoms with Gasteiger partial charge in [-0.1, -0.05) is 36.4 Å². The number of benzene rings is 1. The quantitative estimate of drug-likeness (QED) is 0.799. The number of anilines is 1. The van der Waals surface area contributed by atoms with Gasteiger partial charge in [0, 0.05) is 37.9 Å². The number of hydrogen-bond donors (Lipinski definition) is 1. The lowest BCUT2D eigenvalue weighted by molar-refractivity contribution is 0.0740. The van der Waals surface area contributed by atoms with E-state index in [2.05, 4.69) is 20.1 Å². The largest absolute Gasteiger partial charge is 0.353 e.